The highest BCUT2D eigenvalue weighted by atomic mass is 32.2. The van der Waals surface area contributed by atoms with Crippen molar-refractivity contribution in [3.63, 3.8) is 0 Å². The Balaban J connectivity index is 1.41. The molecule has 8 nitrogen and oxygen atoms in total. The summed E-state index contributed by atoms with van der Waals surface area (Å²) in [5, 5.41) is 0. The van der Waals surface area contributed by atoms with Crippen LogP contribution in [0.1, 0.15) is 62.3 Å². The molecule has 4 aliphatic rings. The molecule has 40 heavy (non-hydrogen) atoms. The molecule has 1 spiro atoms. The van der Waals surface area contributed by atoms with Gasteiger partial charge in [-0.3, -0.25) is 9.69 Å². The number of ether oxygens (including phenoxy) is 3. The fourth-order valence-corrected chi connectivity index (χ4v) is 9.75. The summed E-state index contributed by atoms with van der Waals surface area (Å²) in [6.45, 7) is 6.54. The van der Waals surface area contributed by atoms with Crippen LogP contribution in [0.2, 0.25) is 0 Å². The zero-order chi connectivity index (χ0) is 28.4. The maximum Gasteiger partial charge on any atom is 0.303 e. The highest BCUT2D eigenvalue weighted by Crippen LogP contribution is 2.66. The highest BCUT2D eigenvalue weighted by Gasteiger charge is 2.75. The van der Waals surface area contributed by atoms with Crippen LogP contribution >= 0.6 is 0 Å². The Bertz CT molecular complexity index is 1440. The molecule has 2 aliphatic heterocycles. The van der Waals surface area contributed by atoms with Gasteiger partial charge in [-0.05, 0) is 74.4 Å². The van der Waals surface area contributed by atoms with Crippen molar-refractivity contribution in [2.24, 2.45) is 5.92 Å². The third-order valence-electron chi connectivity index (χ3n) is 9.64. The first-order valence-corrected chi connectivity index (χ1v) is 16.0. The number of carbonyl (C=O) groups excluding carboxylic acids is 1. The normalized spacial score (nSPS) is 30.5. The first-order chi connectivity index (χ1) is 19.0. The van der Waals surface area contributed by atoms with Crippen molar-refractivity contribution in [1.82, 2.24) is 9.62 Å². The van der Waals surface area contributed by atoms with E-state index in [0.717, 1.165) is 41.6 Å². The second-order valence-electron chi connectivity index (χ2n) is 12.5. The molecule has 1 saturated heterocycles. The van der Waals surface area contributed by atoms with Gasteiger partial charge in [-0.1, -0.05) is 44.2 Å². The van der Waals surface area contributed by atoms with Crippen molar-refractivity contribution in [2.75, 3.05) is 20.7 Å². The Morgan fingerprint density at radius 2 is 1.93 bits per heavy atom. The fourth-order valence-electron chi connectivity index (χ4n) is 8.27. The minimum Gasteiger partial charge on any atom is -0.493 e. The van der Waals surface area contributed by atoms with Gasteiger partial charge in [0.05, 0.1) is 30.4 Å². The van der Waals surface area contributed by atoms with Crippen LogP contribution in [0.5, 0.6) is 11.5 Å². The molecule has 2 aromatic carbocycles. The zero-order valence-electron chi connectivity index (χ0n) is 24.0. The molecule has 0 aromatic heterocycles. The zero-order valence-corrected chi connectivity index (χ0v) is 24.8. The minimum absolute atomic E-state index is 0.0245. The first-order valence-electron chi connectivity index (χ1n) is 14.3. The molecule has 1 N–H and O–H groups in total. The summed E-state index contributed by atoms with van der Waals surface area (Å²) < 4.78 is 49.4. The first kappa shape index (κ1) is 27.5. The van der Waals surface area contributed by atoms with E-state index in [1.54, 1.807) is 7.11 Å². The number of sulfonamides is 1. The molecule has 1 saturated carbocycles. The van der Waals surface area contributed by atoms with E-state index in [9.17, 15) is 13.2 Å². The topological polar surface area (TPSA) is 94.2 Å². The molecule has 216 valence electrons. The third-order valence-corrected chi connectivity index (χ3v) is 11.0. The van der Waals surface area contributed by atoms with E-state index in [1.807, 2.05) is 30.3 Å². The van der Waals surface area contributed by atoms with Gasteiger partial charge in [-0.15, -0.1) is 0 Å². The average Bonchev–Trinajstić information content (AvgIpc) is 3.24. The Hall–Kier alpha value is -2.62. The van der Waals surface area contributed by atoms with Crippen LogP contribution < -0.4 is 14.2 Å². The van der Waals surface area contributed by atoms with Crippen LogP contribution in [0, 0.1) is 5.92 Å². The van der Waals surface area contributed by atoms with Gasteiger partial charge in [0.1, 0.15) is 11.7 Å². The Kier molecular flexibility index (Phi) is 6.71. The van der Waals surface area contributed by atoms with Gasteiger partial charge in [0, 0.05) is 12.5 Å². The molecule has 0 amide bonds. The summed E-state index contributed by atoms with van der Waals surface area (Å²) in [5.74, 6) is 1.30. The van der Waals surface area contributed by atoms with E-state index in [-0.39, 0.29) is 17.8 Å². The summed E-state index contributed by atoms with van der Waals surface area (Å²) in [4.78, 5) is 15.0. The number of likely N-dealkylation sites (tertiary alicyclic amines) is 1. The number of likely N-dealkylation sites (N-methyl/N-ethyl adjacent to an activating group) is 1. The second kappa shape index (κ2) is 9.74. The smallest absolute Gasteiger partial charge is 0.303 e. The summed E-state index contributed by atoms with van der Waals surface area (Å²) in [5.41, 5.74) is 2.59. The lowest BCUT2D eigenvalue weighted by Crippen LogP contribution is -2.78. The van der Waals surface area contributed by atoms with Gasteiger partial charge in [0.25, 0.3) is 0 Å². The van der Waals surface area contributed by atoms with Crippen molar-refractivity contribution in [2.45, 2.75) is 87.8 Å². The lowest BCUT2D eigenvalue weighted by atomic mass is 9.48. The van der Waals surface area contributed by atoms with Crippen LogP contribution in [0.3, 0.4) is 0 Å². The number of rotatable bonds is 8. The number of hydrogen-bond acceptors (Lipinski definition) is 7. The Labute approximate surface area is 237 Å². The van der Waals surface area contributed by atoms with Gasteiger partial charge in [0.2, 0.25) is 10.0 Å². The summed E-state index contributed by atoms with van der Waals surface area (Å²) in [6, 6.07) is 11.3. The molecule has 2 bridgehead atoms. The van der Waals surface area contributed by atoms with E-state index in [4.69, 9.17) is 14.2 Å². The number of methoxy groups -OCH3 is 1. The maximum absolute atomic E-state index is 13.7. The second-order valence-corrected chi connectivity index (χ2v) is 14.2. The number of nitrogens with one attached hydrogen (secondary N) is 1. The van der Waals surface area contributed by atoms with Crippen LogP contribution in [-0.4, -0.2) is 63.8 Å². The summed E-state index contributed by atoms with van der Waals surface area (Å²) in [6.07, 6.45) is 2.78. The predicted molar refractivity (Wildman–Crippen MR) is 152 cm³/mol. The van der Waals surface area contributed by atoms with Crippen LogP contribution in [0.4, 0.5) is 0 Å². The van der Waals surface area contributed by atoms with Crippen LogP contribution in [-0.2, 0) is 43.6 Å². The van der Waals surface area contributed by atoms with Gasteiger partial charge in [-0.25, -0.2) is 13.1 Å². The molecular weight excluding hydrogens is 528 g/mol. The lowest BCUT2D eigenvalue weighted by Gasteiger charge is -2.64. The van der Waals surface area contributed by atoms with Crippen molar-refractivity contribution in [3.8, 4) is 11.5 Å². The van der Waals surface area contributed by atoms with Crippen molar-refractivity contribution in [1.29, 1.82) is 0 Å². The van der Waals surface area contributed by atoms with Gasteiger partial charge in [0.15, 0.2) is 11.5 Å². The molecule has 9 heteroatoms. The fraction of sp³-hybridized carbons (Fsp3) is 0.581. The molecule has 5 atom stereocenters. The van der Waals surface area contributed by atoms with Crippen LogP contribution in [0.25, 0.3) is 0 Å². The monoisotopic (exact) mass is 568 g/mol. The molecule has 0 unspecified atom stereocenters. The quantitative estimate of drug-likeness (QED) is 0.485. The van der Waals surface area contributed by atoms with Crippen molar-refractivity contribution in [3.05, 3.63) is 58.7 Å². The van der Waals surface area contributed by atoms with Crippen molar-refractivity contribution >= 4 is 16.0 Å². The standard InChI is InChI=1S/C31H40N2O6S/c1-19(2)16-21-8-6-7-9-23(21)18-40(35,36)32-24-12-13-31(39-20(3)34)26-17-22-10-11-25(37-5)28-27(22)30(31,29(24)38-28)14-15-33(26)4/h6-11,19,24,26,29,32H,12-18H2,1-5H3/t24-,26+,29-,30-,31+/m0/s1. The molecule has 2 aliphatic carbocycles. The van der Waals surface area contributed by atoms with Gasteiger partial charge >= 0.3 is 5.97 Å². The SMILES string of the molecule is COc1ccc2c3c1O[C@H]1[C@@H](NS(=O)(=O)Cc4ccccc4CC(C)C)CC[C@@]4(OC(C)=O)[C@@H](C2)N(C)CC[C@]314. The van der Waals surface area contributed by atoms with E-state index in [2.05, 4.69) is 36.6 Å². The van der Waals surface area contributed by atoms with Crippen molar-refractivity contribution < 1.29 is 27.4 Å². The molecule has 2 fully saturated rings. The predicted octanol–water partition coefficient (Wildman–Crippen LogP) is 3.74. The Morgan fingerprint density at radius 3 is 2.62 bits per heavy atom. The number of carbonyl (C=O) groups is 1. The van der Waals surface area contributed by atoms with Gasteiger partial charge in [-0.2, -0.15) is 0 Å². The average molecular weight is 569 g/mol. The van der Waals surface area contributed by atoms with Gasteiger partial charge < -0.3 is 14.2 Å². The third kappa shape index (κ3) is 4.07. The molecule has 2 aromatic rings. The minimum atomic E-state index is -3.71. The Morgan fingerprint density at radius 1 is 1.18 bits per heavy atom. The number of nitrogens with zero attached hydrogens (tertiary/aromatic N) is 1. The summed E-state index contributed by atoms with van der Waals surface area (Å²) >= 11 is 0. The lowest BCUT2D eigenvalue weighted by molar-refractivity contribution is -0.215. The van der Waals surface area contributed by atoms with E-state index < -0.39 is 33.2 Å². The number of benzene rings is 2. The maximum atomic E-state index is 13.7. The van der Waals surface area contributed by atoms with Crippen LogP contribution in [0.15, 0.2) is 36.4 Å². The number of hydrogen-bond donors (Lipinski definition) is 1. The molecule has 6 rings (SSSR count). The molecule has 2 heterocycles. The van der Waals surface area contributed by atoms with E-state index in [1.165, 1.54) is 6.92 Å². The summed E-state index contributed by atoms with van der Waals surface area (Å²) in [7, 11) is 0.00302. The number of esters is 1. The molecular formula is C31H40N2O6S. The molecule has 0 radical (unpaired) electrons. The largest absolute Gasteiger partial charge is 0.493 e. The van der Waals surface area contributed by atoms with E-state index >= 15 is 0 Å². The highest BCUT2D eigenvalue weighted by molar-refractivity contribution is 7.88. The van der Waals surface area contributed by atoms with E-state index in [0.29, 0.717) is 36.7 Å². The number of piperidine rings is 1.